The molecule has 1 unspecified atom stereocenters. The Kier molecular flexibility index (Phi) is 5.23. The van der Waals surface area contributed by atoms with Crippen LogP contribution < -0.4 is 4.72 Å². The Balaban J connectivity index is 3.06. The maximum absolute atomic E-state index is 13.1. The van der Waals surface area contributed by atoms with Gasteiger partial charge >= 0.3 is 0 Å². The molecule has 0 heterocycles. The highest BCUT2D eigenvalue weighted by Crippen LogP contribution is 2.24. The summed E-state index contributed by atoms with van der Waals surface area (Å²) < 4.78 is 52.7. The molecule has 0 amide bonds. The van der Waals surface area contributed by atoms with E-state index in [1.165, 1.54) is 0 Å². The highest BCUT2D eigenvalue weighted by Gasteiger charge is 2.29. The number of aliphatic hydroxyl groups excluding tert-OH is 1. The molecule has 1 aromatic rings. The van der Waals surface area contributed by atoms with Crippen LogP contribution in [0.3, 0.4) is 0 Å². The van der Waals surface area contributed by atoms with Gasteiger partial charge in [0.1, 0.15) is 0 Å². The Bertz CT molecular complexity index is 567. The second-order valence-electron chi connectivity index (χ2n) is 5.63. The van der Waals surface area contributed by atoms with E-state index in [4.69, 9.17) is 5.11 Å². The molecule has 0 radical (unpaired) electrons. The molecule has 4 nitrogen and oxygen atoms in total. The lowest BCUT2D eigenvalue weighted by Gasteiger charge is -2.30. The van der Waals surface area contributed by atoms with E-state index >= 15 is 0 Å². The van der Waals surface area contributed by atoms with Crippen LogP contribution in [0.4, 0.5) is 8.78 Å². The minimum atomic E-state index is -3.97. The lowest BCUT2D eigenvalue weighted by molar-refractivity contribution is 0.214. The molecule has 20 heavy (non-hydrogen) atoms. The Labute approximate surface area is 117 Å². The number of halogens is 2. The average Bonchev–Trinajstić information content (AvgIpc) is 2.30. The van der Waals surface area contributed by atoms with Crippen LogP contribution >= 0.6 is 0 Å². The molecule has 0 aliphatic rings. The molecule has 1 rings (SSSR count). The van der Waals surface area contributed by atoms with E-state index in [9.17, 15) is 17.2 Å². The first kappa shape index (κ1) is 17.0. The number of benzene rings is 1. The first-order valence-corrected chi connectivity index (χ1v) is 7.64. The average molecular weight is 307 g/mol. The fraction of sp³-hybridized carbons (Fsp3) is 0.538. The second-order valence-corrected chi connectivity index (χ2v) is 7.34. The van der Waals surface area contributed by atoms with Crippen molar-refractivity contribution in [3.8, 4) is 0 Å². The summed E-state index contributed by atoms with van der Waals surface area (Å²) in [7, 11) is -3.97. The molecule has 2 N–H and O–H groups in total. The van der Waals surface area contributed by atoms with E-state index in [1.807, 2.05) is 20.8 Å². The summed E-state index contributed by atoms with van der Waals surface area (Å²) in [4.78, 5) is -0.344. The molecule has 0 bridgehead atoms. The first-order valence-electron chi connectivity index (χ1n) is 6.16. The Morgan fingerprint density at radius 2 is 1.85 bits per heavy atom. The van der Waals surface area contributed by atoms with Crippen molar-refractivity contribution in [1.82, 2.24) is 4.72 Å². The third kappa shape index (κ3) is 4.22. The summed E-state index contributed by atoms with van der Waals surface area (Å²) in [5.74, 6) is -2.32. The molecule has 0 aliphatic heterocycles. The molecule has 1 aromatic carbocycles. The van der Waals surface area contributed by atoms with Gasteiger partial charge in [-0.1, -0.05) is 20.8 Å². The van der Waals surface area contributed by atoms with E-state index in [0.29, 0.717) is 6.07 Å². The second kappa shape index (κ2) is 6.15. The lowest BCUT2D eigenvalue weighted by atomic mass is 9.86. The molecule has 0 aliphatic carbocycles. The number of hydrogen-bond donors (Lipinski definition) is 2. The predicted octanol–water partition coefficient (Wildman–Crippen LogP) is 2.04. The van der Waals surface area contributed by atoms with Crippen molar-refractivity contribution >= 4 is 10.0 Å². The Hall–Kier alpha value is -1.05. The van der Waals surface area contributed by atoms with Crippen LogP contribution in [0.15, 0.2) is 23.1 Å². The molecule has 0 saturated carbocycles. The van der Waals surface area contributed by atoms with Crippen LogP contribution in [0.5, 0.6) is 0 Å². The normalized spacial score (nSPS) is 14.3. The van der Waals surface area contributed by atoms with Gasteiger partial charge in [0.2, 0.25) is 10.0 Å². The van der Waals surface area contributed by atoms with Gasteiger partial charge in [0.05, 0.1) is 4.90 Å². The van der Waals surface area contributed by atoms with Crippen molar-refractivity contribution in [2.45, 2.75) is 38.1 Å². The van der Waals surface area contributed by atoms with Gasteiger partial charge in [-0.15, -0.1) is 0 Å². The molecular weight excluding hydrogens is 288 g/mol. The number of nitrogens with one attached hydrogen (secondary N) is 1. The summed E-state index contributed by atoms with van der Waals surface area (Å²) in [6, 6.07) is 1.88. The minimum absolute atomic E-state index is 0.178. The fourth-order valence-electron chi connectivity index (χ4n) is 1.70. The predicted molar refractivity (Wildman–Crippen MR) is 71.6 cm³/mol. The molecule has 0 spiro atoms. The summed E-state index contributed by atoms with van der Waals surface area (Å²) in [5.41, 5.74) is -0.422. The van der Waals surface area contributed by atoms with E-state index in [1.54, 1.807) is 0 Å². The fourth-order valence-corrected chi connectivity index (χ4v) is 3.19. The molecule has 0 aromatic heterocycles. The van der Waals surface area contributed by atoms with Crippen LogP contribution in [-0.4, -0.2) is 26.2 Å². The lowest BCUT2D eigenvalue weighted by Crippen LogP contribution is -2.44. The van der Waals surface area contributed by atoms with Gasteiger partial charge in [0.25, 0.3) is 0 Å². The zero-order chi connectivity index (χ0) is 15.6. The van der Waals surface area contributed by atoms with Crippen molar-refractivity contribution in [3.05, 3.63) is 29.8 Å². The van der Waals surface area contributed by atoms with Crippen LogP contribution in [0, 0.1) is 17.0 Å². The van der Waals surface area contributed by atoms with Crippen molar-refractivity contribution in [1.29, 1.82) is 0 Å². The number of hydrogen-bond acceptors (Lipinski definition) is 3. The third-order valence-electron chi connectivity index (χ3n) is 2.96. The van der Waals surface area contributed by atoms with Gasteiger partial charge in [-0.3, -0.25) is 0 Å². The standard InChI is InChI=1S/C13H19F2NO3S/c1-13(2,3)12(6-7-17)16-20(18,19)9-4-5-10(14)11(15)8-9/h4-5,8,12,16-17H,6-7H2,1-3H3. The summed E-state index contributed by atoms with van der Waals surface area (Å²) >= 11 is 0. The highest BCUT2D eigenvalue weighted by molar-refractivity contribution is 7.89. The van der Waals surface area contributed by atoms with E-state index < -0.39 is 33.1 Å². The zero-order valence-corrected chi connectivity index (χ0v) is 12.5. The van der Waals surface area contributed by atoms with Gasteiger partial charge in [0, 0.05) is 12.6 Å². The minimum Gasteiger partial charge on any atom is -0.396 e. The quantitative estimate of drug-likeness (QED) is 0.875. The number of sulfonamides is 1. The van der Waals surface area contributed by atoms with Gasteiger partial charge in [-0.05, 0) is 30.0 Å². The summed E-state index contributed by atoms with van der Waals surface area (Å²) in [6.45, 7) is 5.28. The van der Waals surface area contributed by atoms with Gasteiger partial charge < -0.3 is 5.11 Å². The van der Waals surface area contributed by atoms with Crippen LogP contribution in [0.1, 0.15) is 27.2 Å². The Morgan fingerprint density at radius 3 is 2.30 bits per heavy atom. The van der Waals surface area contributed by atoms with Crippen LogP contribution in [-0.2, 0) is 10.0 Å². The topological polar surface area (TPSA) is 66.4 Å². The van der Waals surface area contributed by atoms with Crippen molar-refractivity contribution in [2.24, 2.45) is 5.41 Å². The van der Waals surface area contributed by atoms with E-state index in [2.05, 4.69) is 4.72 Å². The van der Waals surface area contributed by atoms with Gasteiger partial charge in [0.15, 0.2) is 11.6 Å². The van der Waals surface area contributed by atoms with Crippen molar-refractivity contribution in [3.63, 3.8) is 0 Å². The van der Waals surface area contributed by atoms with E-state index in [0.717, 1.165) is 12.1 Å². The summed E-state index contributed by atoms with van der Waals surface area (Å²) in [5, 5.41) is 9.00. The molecule has 114 valence electrons. The maximum atomic E-state index is 13.1. The van der Waals surface area contributed by atoms with Gasteiger partial charge in [-0.25, -0.2) is 21.9 Å². The van der Waals surface area contributed by atoms with Crippen molar-refractivity contribution in [2.75, 3.05) is 6.61 Å². The molecular formula is C13H19F2NO3S. The maximum Gasteiger partial charge on any atom is 0.240 e. The van der Waals surface area contributed by atoms with Crippen LogP contribution in [0.25, 0.3) is 0 Å². The first-order chi connectivity index (χ1) is 9.08. The molecule has 0 fully saturated rings. The highest BCUT2D eigenvalue weighted by atomic mass is 32.2. The van der Waals surface area contributed by atoms with Crippen molar-refractivity contribution < 1.29 is 22.3 Å². The van der Waals surface area contributed by atoms with Crippen LogP contribution in [0.2, 0.25) is 0 Å². The van der Waals surface area contributed by atoms with E-state index in [-0.39, 0.29) is 17.9 Å². The number of aliphatic hydroxyl groups is 1. The smallest absolute Gasteiger partial charge is 0.240 e. The monoisotopic (exact) mass is 307 g/mol. The Morgan fingerprint density at radius 1 is 1.25 bits per heavy atom. The number of rotatable bonds is 5. The zero-order valence-electron chi connectivity index (χ0n) is 11.7. The largest absolute Gasteiger partial charge is 0.396 e. The SMILES string of the molecule is CC(C)(C)C(CCO)NS(=O)(=O)c1ccc(F)c(F)c1. The molecule has 7 heteroatoms. The molecule has 0 saturated heterocycles. The summed E-state index contributed by atoms with van der Waals surface area (Å²) in [6.07, 6.45) is 0.229. The van der Waals surface area contributed by atoms with Gasteiger partial charge in [-0.2, -0.15) is 0 Å². The third-order valence-corrected chi connectivity index (χ3v) is 4.43. The molecule has 1 atom stereocenters.